The van der Waals surface area contributed by atoms with Gasteiger partial charge in [-0.15, -0.1) is 0 Å². The zero-order chi connectivity index (χ0) is 23.4. The Kier molecular flexibility index (Phi) is 16.0. The summed E-state index contributed by atoms with van der Waals surface area (Å²) in [4.78, 5) is 11.1. The van der Waals surface area contributed by atoms with Crippen LogP contribution in [0.4, 0.5) is 0 Å². The van der Waals surface area contributed by atoms with Gasteiger partial charge in [-0.05, 0) is 31.4 Å². The normalized spacial score (nSPS) is 11.1. The Morgan fingerprint density at radius 2 is 1.28 bits per heavy atom. The lowest BCUT2D eigenvalue weighted by molar-refractivity contribution is -0.131. The third-order valence-electron chi connectivity index (χ3n) is 5.23. The van der Waals surface area contributed by atoms with Crippen molar-refractivity contribution in [3.8, 4) is 17.2 Å². The maximum absolute atomic E-state index is 11.1. The van der Waals surface area contributed by atoms with E-state index in [-0.39, 0.29) is 0 Å². The Hall–Kier alpha value is -2.17. The first-order valence-corrected chi connectivity index (χ1v) is 12.6. The van der Waals surface area contributed by atoms with Gasteiger partial charge in [0, 0.05) is 17.7 Å². The fourth-order valence-corrected chi connectivity index (χ4v) is 3.36. The van der Waals surface area contributed by atoms with Crippen molar-refractivity contribution in [2.45, 2.75) is 97.8 Å². The van der Waals surface area contributed by atoms with Crippen LogP contribution in [0.1, 0.15) is 103 Å². The van der Waals surface area contributed by atoms with Crippen molar-refractivity contribution in [1.29, 1.82) is 0 Å². The van der Waals surface area contributed by atoms with Gasteiger partial charge in [0.05, 0.1) is 19.8 Å². The van der Waals surface area contributed by atoms with Crippen LogP contribution in [0.2, 0.25) is 0 Å². The number of benzene rings is 1. The second-order valence-electron chi connectivity index (χ2n) is 8.24. The Labute approximate surface area is 195 Å². The molecule has 1 rings (SSSR count). The minimum atomic E-state index is -0.994. The Balaban J connectivity index is 3.00. The van der Waals surface area contributed by atoms with Gasteiger partial charge in [0.2, 0.25) is 0 Å². The van der Waals surface area contributed by atoms with E-state index >= 15 is 0 Å². The van der Waals surface area contributed by atoms with Crippen LogP contribution < -0.4 is 14.2 Å². The monoisotopic (exact) mass is 448 g/mol. The predicted octanol–water partition coefficient (Wildman–Crippen LogP) is 7.66. The number of hydrogen-bond acceptors (Lipinski definition) is 4. The van der Waals surface area contributed by atoms with E-state index in [1.165, 1.54) is 38.5 Å². The molecule has 1 aromatic rings. The number of ether oxygens (including phenoxy) is 3. The summed E-state index contributed by atoms with van der Waals surface area (Å²) >= 11 is 0. The lowest BCUT2D eigenvalue weighted by Gasteiger charge is -2.17. The van der Waals surface area contributed by atoms with Crippen molar-refractivity contribution in [2.75, 3.05) is 19.8 Å². The number of aliphatic carboxylic acids is 1. The molecule has 0 aromatic heterocycles. The third-order valence-corrected chi connectivity index (χ3v) is 5.23. The zero-order valence-corrected chi connectivity index (χ0v) is 20.5. The van der Waals surface area contributed by atoms with Crippen LogP contribution in [0.5, 0.6) is 17.2 Å². The van der Waals surface area contributed by atoms with Crippen LogP contribution in [-0.2, 0) is 4.79 Å². The molecule has 0 aliphatic heterocycles. The number of unbranched alkanes of at least 4 members (excludes halogenated alkanes) is 9. The molecular weight excluding hydrogens is 404 g/mol. The summed E-state index contributed by atoms with van der Waals surface area (Å²) < 4.78 is 18.2. The highest BCUT2D eigenvalue weighted by atomic mass is 16.5. The summed E-state index contributed by atoms with van der Waals surface area (Å²) in [7, 11) is 0. The molecule has 1 aromatic carbocycles. The molecule has 182 valence electrons. The Morgan fingerprint density at radius 3 is 1.81 bits per heavy atom. The van der Waals surface area contributed by atoms with E-state index in [1.807, 2.05) is 12.1 Å². The van der Waals surface area contributed by atoms with E-state index in [0.717, 1.165) is 44.6 Å². The zero-order valence-electron chi connectivity index (χ0n) is 20.5. The van der Waals surface area contributed by atoms with Gasteiger partial charge in [0.25, 0.3) is 0 Å². The number of rotatable bonds is 20. The molecule has 0 aliphatic rings. The van der Waals surface area contributed by atoms with E-state index in [0.29, 0.717) is 42.6 Å². The molecule has 0 spiro atoms. The Morgan fingerprint density at radius 1 is 0.750 bits per heavy atom. The van der Waals surface area contributed by atoms with Gasteiger partial charge in [-0.3, -0.25) is 0 Å². The summed E-state index contributed by atoms with van der Waals surface area (Å²) in [5.74, 6) is 0.932. The molecule has 32 heavy (non-hydrogen) atoms. The van der Waals surface area contributed by atoms with Crippen LogP contribution in [0.15, 0.2) is 18.2 Å². The average Bonchev–Trinajstić information content (AvgIpc) is 2.78. The van der Waals surface area contributed by atoms with Crippen molar-refractivity contribution in [1.82, 2.24) is 0 Å². The number of carbonyl (C=O) groups is 1. The SMILES string of the molecule is CCCCCCOc1cc(C=CC(=O)O)c(OCCCCCC)c(OCCCCCC)c1. The number of carboxylic acid groups (broad SMARTS) is 1. The highest BCUT2D eigenvalue weighted by Gasteiger charge is 2.14. The summed E-state index contributed by atoms with van der Waals surface area (Å²) in [6.45, 7) is 8.38. The van der Waals surface area contributed by atoms with E-state index < -0.39 is 5.97 Å². The fourth-order valence-electron chi connectivity index (χ4n) is 3.36. The van der Waals surface area contributed by atoms with Crippen LogP contribution in [0.25, 0.3) is 6.08 Å². The van der Waals surface area contributed by atoms with Gasteiger partial charge in [-0.2, -0.15) is 0 Å². The molecule has 1 N–H and O–H groups in total. The highest BCUT2D eigenvalue weighted by Crippen LogP contribution is 2.37. The lowest BCUT2D eigenvalue weighted by atomic mass is 10.1. The van der Waals surface area contributed by atoms with Gasteiger partial charge < -0.3 is 19.3 Å². The molecule has 5 heteroatoms. The van der Waals surface area contributed by atoms with Crippen LogP contribution in [0.3, 0.4) is 0 Å². The molecule has 5 nitrogen and oxygen atoms in total. The first-order valence-electron chi connectivity index (χ1n) is 12.6. The smallest absolute Gasteiger partial charge is 0.328 e. The largest absolute Gasteiger partial charge is 0.493 e. The maximum atomic E-state index is 11.1. The third kappa shape index (κ3) is 12.6. The quantitative estimate of drug-likeness (QED) is 0.164. The van der Waals surface area contributed by atoms with Gasteiger partial charge in [-0.25, -0.2) is 4.79 Å². The van der Waals surface area contributed by atoms with E-state index in [9.17, 15) is 4.79 Å². The summed E-state index contributed by atoms with van der Waals surface area (Å²) in [5.41, 5.74) is 0.678. The summed E-state index contributed by atoms with van der Waals surface area (Å²) in [5, 5.41) is 9.14. The van der Waals surface area contributed by atoms with E-state index in [2.05, 4.69) is 20.8 Å². The minimum absolute atomic E-state index is 0.581. The van der Waals surface area contributed by atoms with Gasteiger partial charge in [-0.1, -0.05) is 78.6 Å². The Bertz CT molecular complexity index is 654. The van der Waals surface area contributed by atoms with Gasteiger partial charge >= 0.3 is 5.97 Å². The predicted molar refractivity (Wildman–Crippen MR) is 132 cm³/mol. The van der Waals surface area contributed by atoms with Crippen molar-refractivity contribution in [3.05, 3.63) is 23.8 Å². The first kappa shape index (κ1) is 27.9. The minimum Gasteiger partial charge on any atom is -0.493 e. The van der Waals surface area contributed by atoms with E-state index in [4.69, 9.17) is 19.3 Å². The molecule has 0 amide bonds. The highest BCUT2D eigenvalue weighted by molar-refractivity contribution is 5.86. The maximum Gasteiger partial charge on any atom is 0.328 e. The summed E-state index contributed by atoms with van der Waals surface area (Å²) in [6.07, 6.45) is 16.1. The van der Waals surface area contributed by atoms with Crippen LogP contribution in [0, 0.1) is 0 Å². The van der Waals surface area contributed by atoms with Crippen molar-refractivity contribution in [3.63, 3.8) is 0 Å². The molecule has 0 aliphatic carbocycles. The molecule has 0 heterocycles. The van der Waals surface area contributed by atoms with Crippen molar-refractivity contribution in [2.24, 2.45) is 0 Å². The standard InChI is InChI=1S/C27H44O5/c1-4-7-10-13-18-30-24-21-23(16-17-26(28)29)27(32-20-15-12-9-6-3)25(22-24)31-19-14-11-8-5-2/h16-17,21-22H,4-15,18-20H2,1-3H3,(H,28,29). The van der Waals surface area contributed by atoms with Crippen LogP contribution in [-0.4, -0.2) is 30.9 Å². The number of carboxylic acids is 1. The van der Waals surface area contributed by atoms with Crippen molar-refractivity contribution >= 4 is 12.0 Å². The molecule has 0 fully saturated rings. The number of hydrogen-bond donors (Lipinski definition) is 1. The molecular formula is C27H44O5. The van der Waals surface area contributed by atoms with Gasteiger partial charge in [0.15, 0.2) is 11.5 Å². The van der Waals surface area contributed by atoms with Crippen LogP contribution >= 0.6 is 0 Å². The topological polar surface area (TPSA) is 65.0 Å². The fraction of sp³-hybridized carbons (Fsp3) is 0.667. The average molecular weight is 449 g/mol. The summed E-state index contributed by atoms with van der Waals surface area (Å²) in [6, 6.07) is 3.74. The molecule has 0 bridgehead atoms. The van der Waals surface area contributed by atoms with E-state index in [1.54, 1.807) is 6.08 Å². The molecule has 0 radical (unpaired) electrons. The molecule has 0 saturated heterocycles. The molecule has 0 unspecified atom stereocenters. The van der Waals surface area contributed by atoms with Gasteiger partial charge in [0.1, 0.15) is 5.75 Å². The second-order valence-corrected chi connectivity index (χ2v) is 8.24. The lowest BCUT2D eigenvalue weighted by Crippen LogP contribution is -2.06. The second kappa shape index (κ2) is 18.4. The molecule has 0 atom stereocenters. The first-order chi connectivity index (χ1) is 15.6. The molecule has 0 saturated carbocycles. The van der Waals surface area contributed by atoms with Crippen molar-refractivity contribution < 1.29 is 24.1 Å².